The summed E-state index contributed by atoms with van der Waals surface area (Å²) < 4.78 is 86.7. The van der Waals surface area contributed by atoms with E-state index in [9.17, 15) is 26.3 Å². The third-order valence-corrected chi connectivity index (χ3v) is 5.58. The summed E-state index contributed by atoms with van der Waals surface area (Å²) >= 11 is 0. The van der Waals surface area contributed by atoms with Crippen LogP contribution in [0.1, 0.15) is 11.1 Å². The molecule has 0 saturated heterocycles. The molecule has 8 heteroatoms. The van der Waals surface area contributed by atoms with Crippen LogP contribution < -0.4 is 9.80 Å². The first-order chi connectivity index (χ1) is 16.5. The van der Waals surface area contributed by atoms with Crippen molar-refractivity contribution in [2.24, 2.45) is 0 Å². The van der Waals surface area contributed by atoms with Crippen LogP contribution in [-0.4, -0.2) is 38.5 Å². The van der Waals surface area contributed by atoms with Gasteiger partial charge in [-0.05, 0) is 35.4 Å². The second kappa shape index (κ2) is 11.3. The molecule has 0 unspecified atom stereocenters. The number of nitrogens with zero attached hydrogens (tertiary/aromatic N) is 2. The summed E-state index contributed by atoms with van der Waals surface area (Å²) in [5.74, 6) is 0. The van der Waals surface area contributed by atoms with Crippen LogP contribution in [0.4, 0.5) is 37.7 Å². The molecule has 0 saturated carbocycles. The Bertz CT molecular complexity index is 900. The second-order valence-corrected chi connectivity index (χ2v) is 7.80. The number of halogens is 6. The molecule has 188 valence electrons. The molecular weight excluding hydrogens is 466 g/mol. The first kappa shape index (κ1) is 27.8. The van der Waals surface area contributed by atoms with Gasteiger partial charge in [-0.15, -0.1) is 26.3 Å². The molecule has 0 heterocycles. The lowest BCUT2D eigenvalue weighted by molar-refractivity contribution is -0.288. The van der Waals surface area contributed by atoms with E-state index in [1.54, 1.807) is 34.1 Å². The van der Waals surface area contributed by atoms with E-state index in [-0.39, 0.29) is 0 Å². The van der Waals surface area contributed by atoms with Gasteiger partial charge in [0.25, 0.3) is 0 Å². The molecule has 0 aliphatic rings. The maximum Gasteiger partial charge on any atom is 0.411 e. The Kier molecular flexibility index (Phi) is 9.01. The van der Waals surface area contributed by atoms with Crippen molar-refractivity contribution in [2.75, 3.05) is 36.0 Å². The lowest BCUT2D eigenvalue weighted by Gasteiger charge is -2.38. The molecule has 0 radical (unpaired) electrons. The first-order valence-electron chi connectivity index (χ1n) is 10.8. The summed E-state index contributed by atoms with van der Waals surface area (Å²) in [5.41, 5.74) is -5.14. The topological polar surface area (TPSA) is 6.48 Å². The number of anilines is 2. The molecule has 0 aromatic heterocycles. The van der Waals surface area contributed by atoms with Crippen LogP contribution in [0.25, 0.3) is 0 Å². The van der Waals surface area contributed by atoms with Crippen LogP contribution >= 0.6 is 0 Å². The third-order valence-electron chi connectivity index (χ3n) is 5.58. The SMILES string of the molecule is C=CCN(CC=C)c1ccc(C(c2ccc(N(CC=C)CC=C)cc2)(C(F)(F)F)C(F)(F)F)cc1. The fraction of sp³-hybridized carbons (Fsp3) is 0.259. The van der Waals surface area contributed by atoms with Crippen LogP contribution in [0, 0.1) is 0 Å². The minimum atomic E-state index is -5.65. The fourth-order valence-corrected chi connectivity index (χ4v) is 4.02. The van der Waals surface area contributed by atoms with Gasteiger partial charge in [0.05, 0.1) is 0 Å². The Labute approximate surface area is 202 Å². The molecular formula is C27H28F6N2. The Morgan fingerprint density at radius 3 is 0.971 bits per heavy atom. The van der Waals surface area contributed by atoms with E-state index in [2.05, 4.69) is 26.3 Å². The maximum atomic E-state index is 14.4. The smallest absolute Gasteiger partial charge is 0.364 e. The monoisotopic (exact) mass is 494 g/mol. The summed E-state index contributed by atoms with van der Waals surface area (Å²) in [6, 6.07) is 8.52. The molecule has 0 fully saturated rings. The average Bonchev–Trinajstić information content (AvgIpc) is 2.78. The third kappa shape index (κ3) is 5.63. The van der Waals surface area contributed by atoms with E-state index in [0.29, 0.717) is 37.6 Å². The summed E-state index contributed by atoms with van der Waals surface area (Å²) in [6.07, 6.45) is -4.99. The van der Waals surface area contributed by atoms with Crippen molar-refractivity contribution in [3.05, 3.63) is 110 Å². The van der Waals surface area contributed by atoms with Crippen molar-refractivity contribution in [3.63, 3.8) is 0 Å². The number of alkyl halides is 6. The second-order valence-electron chi connectivity index (χ2n) is 7.80. The number of rotatable bonds is 12. The first-order valence-corrected chi connectivity index (χ1v) is 10.8. The molecule has 0 bridgehead atoms. The van der Waals surface area contributed by atoms with Gasteiger partial charge in [0.2, 0.25) is 5.41 Å². The normalized spacial score (nSPS) is 12.1. The molecule has 0 aliphatic carbocycles. The highest BCUT2D eigenvalue weighted by atomic mass is 19.4. The molecule has 2 rings (SSSR count). The summed E-state index contributed by atoms with van der Waals surface area (Å²) in [6.45, 7) is 15.9. The van der Waals surface area contributed by atoms with E-state index >= 15 is 0 Å². The molecule has 0 atom stereocenters. The molecule has 2 aromatic carbocycles. The lowest BCUT2D eigenvalue weighted by atomic mass is 9.73. The average molecular weight is 495 g/mol. The zero-order valence-electron chi connectivity index (χ0n) is 19.2. The van der Waals surface area contributed by atoms with Gasteiger partial charge in [-0.1, -0.05) is 48.6 Å². The highest BCUT2D eigenvalue weighted by Crippen LogP contribution is 2.56. The molecule has 35 heavy (non-hydrogen) atoms. The van der Waals surface area contributed by atoms with Gasteiger partial charge in [-0.25, -0.2) is 0 Å². The van der Waals surface area contributed by atoms with Gasteiger partial charge in [0.15, 0.2) is 0 Å². The summed E-state index contributed by atoms with van der Waals surface area (Å²) in [7, 11) is 0. The van der Waals surface area contributed by atoms with Crippen molar-refractivity contribution >= 4 is 11.4 Å². The number of hydrogen-bond acceptors (Lipinski definition) is 2. The van der Waals surface area contributed by atoms with Gasteiger partial charge in [-0.3, -0.25) is 0 Å². The highest BCUT2D eigenvalue weighted by molar-refractivity contribution is 5.56. The molecule has 0 amide bonds. The van der Waals surface area contributed by atoms with Crippen molar-refractivity contribution in [1.82, 2.24) is 0 Å². The van der Waals surface area contributed by atoms with Gasteiger partial charge in [0.1, 0.15) is 0 Å². The minimum Gasteiger partial charge on any atom is -0.364 e. The van der Waals surface area contributed by atoms with Gasteiger partial charge >= 0.3 is 12.4 Å². The van der Waals surface area contributed by atoms with E-state index in [1.165, 1.54) is 24.3 Å². The fourth-order valence-electron chi connectivity index (χ4n) is 4.02. The van der Waals surface area contributed by atoms with Crippen molar-refractivity contribution in [1.29, 1.82) is 0 Å². The molecule has 2 nitrogen and oxygen atoms in total. The predicted molar refractivity (Wildman–Crippen MR) is 131 cm³/mol. The van der Waals surface area contributed by atoms with Gasteiger partial charge in [-0.2, -0.15) is 26.3 Å². The van der Waals surface area contributed by atoms with Gasteiger partial charge in [0, 0.05) is 37.6 Å². The van der Waals surface area contributed by atoms with Crippen LogP contribution in [0.2, 0.25) is 0 Å². The van der Waals surface area contributed by atoms with Gasteiger partial charge < -0.3 is 9.80 Å². The Morgan fingerprint density at radius 2 is 0.771 bits per heavy atom. The van der Waals surface area contributed by atoms with E-state index in [1.807, 2.05) is 0 Å². The van der Waals surface area contributed by atoms with Crippen LogP contribution in [0.15, 0.2) is 99.2 Å². The number of benzene rings is 2. The largest absolute Gasteiger partial charge is 0.411 e. The highest BCUT2D eigenvalue weighted by Gasteiger charge is 2.72. The predicted octanol–water partition coefficient (Wildman–Crippen LogP) is 7.45. The minimum absolute atomic E-state index is 0.350. The van der Waals surface area contributed by atoms with Crippen molar-refractivity contribution in [3.8, 4) is 0 Å². The molecule has 2 aromatic rings. The zero-order valence-corrected chi connectivity index (χ0v) is 19.2. The quantitative estimate of drug-likeness (QED) is 0.223. The number of hydrogen-bond donors (Lipinski definition) is 0. The maximum absolute atomic E-state index is 14.4. The Morgan fingerprint density at radius 1 is 0.514 bits per heavy atom. The Balaban J connectivity index is 2.69. The summed E-state index contributed by atoms with van der Waals surface area (Å²) in [5, 5.41) is 0. The Hall–Kier alpha value is -3.42. The van der Waals surface area contributed by atoms with Crippen LogP contribution in [-0.2, 0) is 5.41 Å². The summed E-state index contributed by atoms with van der Waals surface area (Å²) in [4.78, 5) is 3.43. The zero-order chi connectivity index (χ0) is 26.3. The van der Waals surface area contributed by atoms with Crippen LogP contribution in [0.5, 0.6) is 0 Å². The van der Waals surface area contributed by atoms with E-state index < -0.39 is 28.9 Å². The molecule has 0 aliphatic heterocycles. The molecule has 0 N–H and O–H groups in total. The van der Waals surface area contributed by atoms with E-state index in [0.717, 1.165) is 24.3 Å². The molecule has 0 spiro atoms. The van der Waals surface area contributed by atoms with Crippen molar-refractivity contribution in [2.45, 2.75) is 17.8 Å². The van der Waals surface area contributed by atoms with Crippen molar-refractivity contribution < 1.29 is 26.3 Å². The van der Waals surface area contributed by atoms with Crippen LogP contribution in [0.3, 0.4) is 0 Å². The standard InChI is InChI=1S/C27H28F6N2/c1-5-17-34(18-6-2)23-13-9-21(10-14-23)25(26(28,29)30,27(31,32)33)22-11-15-24(16-12-22)35(19-7-3)20-8-4/h5-16H,1-4,17-20H2. The lowest BCUT2D eigenvalue weighted by Crippen LogP contribution is -2.54. The van der Waals surface area contributed by atoms with E-state index in [4.69, 9.17) is 0 Å².